The number of fused-ring (bicyclic) bond motifs is 1. The van der Waals surface area contributed by atoms with E-state index in [1.807, 2.05) is 11.7 Å². The Bertz CT molecular complexity index is 578. The fraction of sp³-hybridized carbons (Fsp3) is 0.611. The highest BCUT2D eigenvalue weighted by Crippen LogP contribution is 2.22. The normalized spacial score (nSPS) is 13.8. The molecule has 1 N–H and O–H groups in total. The first-order valence-corrected chi connectivity index (χ1v) is 8.06. The van der Waals surface area contributed by atoms with Crippen LogP contribution in [-0.2, 0) is 13.5 Å². The zero-order valence-corrected chi connectivity index (χ0v) is 14.1. The van der Waals surface area contributed by atoms with Crippen LogP contribution in [0.15, 0.2) is 24.3 Å². The van der Waals surface area contributed by atoms with Crippen molar-refractivity contribution >= 4 is 10.9 Å². The largest absolute Gasteiger partial charge is 0.312 e. The van der Waals surface area contributed by atoms with Crippen molar-refractivity contribution in [3.05, 3.63) is 30.0 Å². The summed E-state index contributed by atoms with van der Waals surface area (Å²) in [6, 6.07) is 8.53. The fourth-order valence-electron chi connectivity index (χ4n) is 2.85. The third kappa shape index (κ3) is 4.31. The monoisotopic (exact) mass is 287 g/mol. The van der Waals surface area contributed by atoms with Gasteiger partial charge in [0.2, 0.25) is 0 Å². The van der Waals surface area contributed by atoms with E-state index in [4.69, 9.17) is 5.10 Å². The summed E-state index contributed by atoms with van der Waals surface area (Å²) in [5.74, 6) is 0.646. The van der Waals surface area contributed by atoms with Crippen molar-refractivity contribution in [2.24, 2.45) is 13.0 Å². The first-order chi connectivity index (χ1) is 9.90. The second kappa shape index (κ2) is 6.61. The van der Waals surface area contributed by atoms with Crippen LogP contribution in [0.2, 0.25) is 0 Å². The van der Waals surface area contributed by atoms with E-state index in [0.717, 1.165) is 13.0 Å². The summed E-state index contributed by atoms with van der Waals surface area (Å²) in [6.45, 7) is 10.0. The van der Waals surface area contributed by atoms with Crippen LogP contribution in [0.5, 0.6) is 0 Å². The predicted octanol–water partition coefficient (Wildman–Crippen LogP) is 3.92. The highest BCUT2D eigenvalue weighted by molar-refractivity contribution is 5.81. The molecule has 0 saturated heterocycles. The average Bonchev–Trinajstić information content (AvgIpc) is 2.73. The minimum atomic E-state index is 0.179. The van der Waals surface area contributed by atoms with Gasteiger partial charge in [0, 0.05) is 18.0 Å². The third-order valence-corrected chi connectivity index (χ3v) is 3.93. The summed E-state index contributed by atoms with van der Waals surface area (Å²) < 4.78 is 2.00. The van der Waals surface area contributed by atoms with E-state index >= 15 is 0 Å². The Morgan fingerprint density at radius 3 is 2.62 bits per heavy atom. The number of hydrogen-bond donors (Lipinski definition) is 1. The molecule has 2 aromatic rings. The van der Waals surface area contributed by atoms with Crippen LogP contribution < -0.4 is 5.32 Å². The van der Waals surface area contributed by atoms with E-state index in [1.165, 1.54) is 29.4 Å². The van der Waals surface area contributed by atoms with E-state index in [9.17, 15) is 0 Å². The summed E-state index contributed by atoms with van der Waals surface area (Å²) in [5, 5.41) is 9.70. The molecule has 3 heteroatoms. The lowest BCUT2D eigenvalue weighted by Crippen LogP contribution is -2.39. The molecule has 0 amide bonds. The molecule has 3 nitrogen and oxygen atoms in total. The molecule has 0 radical (unpaired) electrons. The van der Waals surface area contributed by atoms with E-state index in [2.05, 4.69) is 57.3 Å². The Balaban J connectivity index is 2.15. The average molecular weight is 287 g/mol. The fourth-order valence-corrected chi connectivity index (χ4v) is 2.85. The van der Waals surface area contributed by atoms with Gasteiger partial charge in [-0.15, -0.1) is 0 Å². The third-order valence-electron chi connectivity index (χ3n) is 3.93. The van der Waals surface area contributed by atoms with Gasteiger partial charge in [-0.2, -0.15) is 5.10 Å². The van der Waals surface area contributed by atoms with Crippen LogP contribution in [-0.4, -0.2) is 21.9 Å². The van der Waals surface area contributed by atoms with E-state index in [0.29, 0.717) is 5.92 Å². The minimum Gasteiger partial charge on any atom is -0.312 e. The number of rotatable bonds is 6. The number of nitrogens with zero attached hydrogens (tertiary/aromatic N) is 2. The molecular weight excluding hydrogens is 258 g/mol. The summed E-state index contributed by atoms with van der Waals surface area (Å²) in [5.41, 5.74) is 2.65. The minimum absolute atomic E-state index is 0.179. The van der Waals surface area contributed by atoms with Gasteiger partial charge in [-0.05, 0) is 52.1 Å². The molecule has 2 rings (SSSR count). The van der Waals surface area contributed by atoms with Gasteiger partial charge in [0.25, 0.3) is 0 Å². The summed E-state index contributed by atoms with van der Waals surface area (Å²) in [6.07, 6.45) is 3.52. The van der Waals surface area contributed by atoms with Crippen molar-refractivity contribution in [1.29, 1.82) is 0 Å². The maximum Gasteiger partial charge on any atom is 0.0706 e. The Morgan fingerprint density at radius 2 is 1.95 bits per heavy atom. The Hall–Kier alpha value is -1.35. The standard InChI is InChI=1S/C18H29N3/c1-6-9-14(13-19-18(2,3)4)12-16-15-10-7-8-11-17(15)21(5)20-16/h7-8,10-11,14,19H,6,9,12-13H2,1-5H3. The molecule has 1 aromatic heterocycles. The van der Waals surface area contributed by atoms with Crippen LogP contribution in [0, 0.1) is 5.92 Å². The number of benzene rings is 1. The summed E-state index contributed by atoms with van der Waals surface area (Å²) in [7, 11) is 2.04. The molecule has 21 heavy (non-hydrogen) atoms. The summed E-state index contributed by atoms with van der Waals surface area (Å²) in [4.78, 5) is 0. The first-order valence-electron chi connectivity index (χ1n) is 8.06. The quantitative estimate of drug-likeness (QED) is 0.872. The maximum atomic E-state index is 4.75. The molecule has 0 aliphatic heterocycles. The lowest BCUT2D eigenvalue weighted by molar-refractivity contribution is 0.353. The number of hydrogen-bond acceptors (Lipinski definition) is 2. The molecule has 116 valence electrons. The van der Waals surface area contributed by atoms with Crippen LogP contribution in [0.3, 0.4) is 0 Å². The van der Waals surface area contributed by atoms with Crippen molar-refractivity contribution < 1.29 is 0 Å². The lowest BCUT2D eigenvalue weighted by atomic mass is 9.95. The van der Waals surface area contributed by atoms with Crippen LogP contribution in [0.4, 0.5) is 0 Å². The van der Waals surface area contributed by atoms with Gasteiger partial charge < -0.3 is 5.32 Å². The number of aryl methyl sites for hydroxylation is 1. The highest BCUT2D eigenvalue weighted by atomic mass is 15.3. The van der Waals surface area contributed by atoms with Crippen molar-refractivity contribution in [1.82, 2.24) is 15.1 Å². The zero-order chi connectivity index (χ0) is 15.5. The van der Waals surface area contributed by atoms with Gasteiger partial charge in [-0.3, -0.25) is 4.68 Å². The molecule has 1 heterocycles. The topological polar surface area (TPSA) is 29.9 Å². The molecule has 0 fully saturated rings. The zero-order valence-electron chi connectivity index (χ0n) is 14.1. The Labute approximate surface area is 128 Å². The predicted molar refractivity (Wildman–Crippen MR) is 90.6 cm³/mol. The SMILES string of the molecule is CCCC(CNC(C)(C)C)Cc1nn(C)c2ccccc12. The Morgan fingerprint density at radius 1 is 1.24 bits per heavy atom. The van der Waals surface area contributed by atoms with Gasteiger partial charge >= 0.3 is 0 Å². The van der Waals surface area contributed by atoms with Crippen molar-refractivity contribution in [2.45, 2.75) is 52.5 Å². The van der Waals surface area contributed by atoms with Crippen molar-refractivity contribution in [3.63, 3.8) is 0 Å². The number of para-hydroxylation sites is 1. The van der Waals surface area contributed by atoms with Crippen molar-refractivity contribution in [3.8, 4) is 0 Å². The molecule has 0 aliphatic rings. The van der Waals surface area contributed by atoms with Gasteiger partial charge in [0.15, 0.2) is 0 Å². The molecule has 1 atom stereocenters. The second-order valence-electron chi connectivity index (χ2n) is 7.08. The Kier molecular flexibility index (Phi) is 5.04. The lowest BCUT2D eigenvalue weighted by Gasteiger charge is -2.25. The highest BCUT2D eigenvalue weighted by Gasteiger charge is 2.17. The van der Waals surface area contributed by atoms with Gasteiger partial charge in [0.1, 0.15) is 0 Å². The van der Waals surface area contributed by atoms with E-state index < -0.39 is 0 Å². The first kappa shape index (κ1) is 16.0. The molecule has 1 aromatic carbocycles. The number of nitrogens with one attached hydrogen (secondary N) is 1. The van der Waals surface area contributed by atoms with Crippen molar-refractivity contribution in [2.75, 3.05) is 6.54 Å². The maximum absolute atomic E-state index is 4.75. The number of aromatic nitrogens is 2. The molecular formula is C18H29N3. The molecule has 0 saturated carbocycles. The van der Waals surface area contributed by atoms with E-state index in [1.54, 1.807) is 0 Å². The van der Waals surface area contributed by atoms with Crippen LogP contribution in [0.25, 0.3) is 10.9 Å². The molecule has 0 spiro atoms. The molecule has 1 unspecified atom stereocenters. The molecule has 0 bridgehead atoms. The van der Waals surface area contributed by atoms with Gasteiger partial charge in [0.05, 0.1) is 11.2 Å². The van der Waals surface area contributed by atoms with Gasteiger partial charge in [-0.1, -0.05) is 31.5 Å². The van der Waals surface area contributed by atoms with Crippen LogP contribution in [0.1, 0.15) is 46.2 Å². The molecule has 0 aliphatic carbocycles. The summed E-state index contributed by atoms with van der Waals surface area (Å²) >= 11 is 0. The van der Waals surface area contributed by atoms with E-state index in [-0.39, 0.29) is 5.54 Å². The van der Waals surface area contributed by atoms with Gasteiger partial charge in [-0.25, -0.2) is 0 Å². The second-order valence-corrected chi connectivity index (χ2v) is 7.08. The smallest absolute Gasteiger partial charge is 0.0706 e. The van der Waals surface area contributed by atoms with Crippen LogP contribution >= 0.6 is 0 Å².